The summed E-state index contributed by atoms with van der Waals surface area (Å²) in [5, 5.41) is 0. The van der Waals surface area contributed by atoms with Crippen LogP contribution in [0.1, 0.15) is 35.7 Å². The second kappa shape index (κ2) is 12.2. The van der Waals surface area contributed by atoms with Gasteiger partial charge in [0.1, 0.15) is 23.0 Å². The van der Waals surface area contributed by atoms with E-state index < -0.39 is 23.7 Å². The van der Waals surface area contributed by atoms with Crippen LogP contribution in [-0.2, 0) is 9.53 Å². The molecule has 0 heterocycles. The Kier molecular flexibility index (Phi) is 9.90. The van der Waals surface area contributed by atoms with Gasteiger partial charge in [0.2, 0.25) is 0 Å². The zero-order valence-electron chi connectivity index (χ0n) is 17.8. The average Bonchev–Trinajstić information content (AvgIpc) is 2.76. The molecule has 0 spiro atoms. The van der Waals surface area contributed by atoms with Crippen molar-refractivity contribution >= 4 is 57.3 Å². The maximum absolute atomic E-state index is 12.7. The second-order valence-electron chi connectivity index (χ2n) is 6.61. The van der Waals surface area contributed by atoms with Crippen molar-refractivity contribution in [2.45, 2.75) is 25.5 Å². The summed E-state index contributed by atoms with van der Waals surface area (Å²) in [7, 11) is 2.77. The number of esters is 2. The SMILES string of the molecule is CCCC(Oc1cccc(C(=O)Oc2ccc(OC)c(/C=C/C(=O)OC)c2)c1)[Si](Cl)(Cl)Cl. The van der Waals surface area contributed by atoms with Crippen LogP contribution in [0.5, 0.6) is 17.2 Å². The number of hydrogen-bond acceptors (Lipinski definition) is 6. The molecule has 0 aromatic heterocycles. The van der Waals surface area contributed by atoms with E-state index in [1.54, 1.807) is 36.4 Å². The topological polar surface area (TPSA) is 71.1 Å². The van der Waals surface area contributed by atoms with E-state index in [4.69, 9.17) is 47.4 Å². The summed E-state index contributed by atoms with van der Waals surface area (Å²) in [6.45, 7) is 1.97. The van der Waals surface area contributed by atoms with Gasteiger partial charge in [-0.25, -0.2) is 9.59 Å². The van der Waals surface area contributed by atoms with E-state index in [1.165, 1.54) is 32.4 Å². The highest BCUT2D eigenvalue weighted by atomic mass is 35.8. The Morgan fingerprint density at radius 1 is 1.06 bits per heavy atom. The molecule has 2 aromatic carbocycles. The highest BCUT2D eigenvalue weighted by molar-refractivity contribution is 7.65. The number of halogens is 3. The number of hydrogen-bond donors (Lipinski definition) is 0. The van der Waals surface area contributed by atoms with Gasteiger partial charge < -0.3 is 18.9 Å². The van der Waals surface area contributed by atoms with E-state index in [0.29, 0.717) is 23.5 Å². The first-order valence-electron chi connectivity index (χ1n) is 9.67. The highest BCUT2D eigenvalue weighted by Crippen LogP contribution is 2.31. The maximum atomic E-state index is 12.7. The molecule has 0 aliphatic heterocycles. The molecule has 6 nitrogen and oxygen atoms in total. The molecule has 2 aromatic rings. The fraction of sp³-hybridized carbons (Fsp3) is 0.273. The maximum Gasteiger partial charge on any atom is 0.381 e. The van der Waals surface area contributed by atoms with Gasteiger partial charge in [-0.1, -0.05) is 19.4 Å². The smallest absolute Gasteiger partial charge is 0.381 e. The van der Waals surface area contributed by atoms with Crippen molar-refractivity contribution in [1.82, 2.24) is 0 Å². The minimum absolute atomic E-state index is 0.268. The molecule has 0 aliphatic carbocycles. The van der Waals surface area contributed by atoms with Gasteiger partial charge in [-0.2, -0.15) is 0 Å². The Labute approximate surface area is 202 Å². The molecule has 0 radical (unpaired) electrons. The number of carbonyl (C=O) groups is 2. The van der Waals surface area contributed by atoms with E-state index in [0.717, 1.165) is 6.42 Å². The van der Waals surface area contributed by atoms with Crippen LogP contribution in [0, 0.1) is 0 Å². The summed E-state index contributed by atoms with van der Waals surface area (Å²) in [6.07, 6.45) is 4.12. The monoisotopic (exact) mass is 516 g/mol. The zero-order chi connectivity index (χ0) is 23.7. The number of carbonyl (C=O) groups excluding carboxylic acids is 2. The van der Waals surface area contributed by atoms with Crippen molar-refractivity contribution in [3.8, 4) is 17.2 Å². The van der Waals surface area contributed by atoms with E-state index >= 15 is 0 Å². The lowest BCUT2D eigenvalue weighted by atomic mass is 10.1. The Morgan fingerprint density at radius 3 is 2.44 bits per heavy atom. The summed E-state index contributed by atoms with van der Waals surface area (Å²) < 4.78 is 21.2. The molecule has 2 rings (SSSR count). The van der Waals surface area contributed by atoms with Gasteiger partial charge >= 0.3 is 17.9 Å². The highest BCUT2D eigenvalue weighted by Gasteiger charge is 2.38. The van der Waals surface area contributed by atoms with Gasteiger partial charge in [-0.3, -0.25) is 0 Å². The minimum Gasteiger partial charge on any atom is -0.496 e. The fourth-order valence-electron chi connectivity index (χ4n) is 2.71. The summed E-state index contributed by atoms with van der Waals surface area (Å²) >= 11 is 18.4. The molecule has 1 atom stereocenters. The lowest BCUT2D eigenvalue weighted by molar-refractivity contribution is -0.134. The minimum atomic E-state index is -3.10. The molecule has 32 heavy (non-hydrogen) atoms. The zero-order valence-corrected chi connectivity index (χ0v) is 21.0. The fourth-order valence-corrected chi connectivity index (χ4v) is 4.98. The van der Waals surface area contributed by atoms with Crippen molar-refractivity contribution in [1.29, 1.82) is 0 Å². The molecule has 10 heteroatoms. The number of methoxy groups -OCH3 is 2. The van der Waals surface area contributed by atoms with Gasteiger partial charge in [0, 0.05) is 11.6 Å². The summed E-state index contributed by atoms with van der Waals surface area (Å²) in [5.41, 5.74) is 0.274. The van der Waals surface area contributed by atoms with Gasteiger partial charge in [-0.05, 0) is 48.9 Å². The first-order valence-corrected chi connectivity index (χ1v) is 14.8. The Balaban J connectivity index is 2.20. The lowest BCUT2D eigenvalue weighted by Crippen LogP contribution is -2.36. The molecule has 1 unspecified atom stereocenters. The Hall–Kier alpha value is -2.19. The summed E-state index contributed by atoms with van der Waals surface area (Å²) in [6, 6.07) is 8.16. The van der Waals surface area contributed by atoms with Crippen molar-refractivity contribution in [2.24, 2.45) is 0 Å². The van der Waals surface area contributed by atoms with Crippen molar-refractivity contribution in [3.05, 3.63) is 59.7 Å². The van der Waals surface area contributed by atoms with E-state index in [9.17, 15) is 9.59 Å². The van der Waals surface area contributed by atoms with Gasteiger partial charge in [0.25, 0.3) is 0 Å². The number of rotatable bonds is 10. The van der Waals surface area contributed by atoms with Gasteiger partial charge in [0.15, 0.2) is 0 Å². The third-order valence-electron chi connectivity index (χ3n) is 4.28. The first-order chi connectivity index (χ1) is 15.2. The van der Waals surface area contributed by atoms with Crippen LogP contribution in [0.3, 0.4) is 0 Å². The van der Waals surface area contributed by atoms with Gasteiger partial charge in [0.05, 0.1) is 19.8 Å². The second-order valence-corrected chi connectivity index (χ2v) is 15.4. The lowest BCUT2D eigenvalue weighted by Gasteiger charge is -2.23. The van der Waals surface area contributed by atoms with Crippen LogP contribution in [0.15, 0.2) is 48.5 Å². The van der Waals surface area contributed by atoms with Crippen molar-refractivity contribution < 1.29 is 28.5 Å². The molecule has 0 aliphatic rings. The molecular formula is C22H23Cl3O6Si. The molecule has 0 saturated carbocycles. The molecule has 0 fully saturated rings. The average molecular weight is 518 g/mol. The molecule has 0 amide bonds. The third-order valence-corrected chi connectivity index (χ3v) is 7.60. The quantitative estimate of drug-likeness (QED) is 0.130. The van der Waals surface area contributed by atoms with E-state index in [2.05, 4.69) is 4.74 Å². The first kappa shape index (κ1) is 26.1. The molecule has 0 saturated heterocycles. The third kappa shape index (κ3) is 7.74. The summed E-state index contributed by atoms with van der Waals surface area (Å²) in [4.78, 5) is 24.1. The van der Waals surface area contributed by atoms with E-state index in [-0.39, 0.29) is 11.3 Å². The number of benzene rings is 2. The predicted molar refractivity (Wildman–Crippen MR) is 128 cm³/mol. The van der Waals surface area contributed by atoms with Crippen LogP contribution < -0.4 is 14.2 Å². The molecule has 0 N–H and O–H groups in total. The normalized spacial score (nSPS) is 12.3. The van der Waals surface area contributed by atoms with Crippen LogP contribution >= 0.6 is 33.2 Å². The van der Waals surface area contributed by atoms with Crippen LogP contribution in [0.25, 0.3) is 6.08 Å². The van der Waals surface area contributed by atoms with Crippen molar-refractivity contribution in [3.63, 3.8) is 0 Å². The molecule has 172 valence electrons. The van der Waals surface area contributed by atoms with Crippen molar-refractivity contribution in [2.75, 3.05) is 14.2 Å². The summed E-state index contributed by atoms with van der Waals surface area (Å²) in [5.74, 6) is 0.0581. The standard InChI is InChI=1S/C22H23Cl3O6Si/c1-4-6-21(32(23,24)25)30-17-8-5-7-16(14-17)22(27)31-18-10-11-19(28-2)15(13-18)9-12-20(26)29-3/h5,7-14,21H,4,6H2,1-3H3/b12-9+. The largest absolute Gasteiger partial charge is 0.496 e. The van der Waals surface area contributed by atoms with E-state index in [1.807, 2.05) is 6.92 Å². The van der Waals surface area contributed by atoms with Crippen LogP contribution in [0.4, 0.5) is 0 Å². The number of ether oxygens (including phenoxy) is 4. The molecular weight excluding hydrogens is 495 g/mol. The predicted octanol–water partition coefficient (Wildman–Crippen LogP) is 5.84. The van der Waals surface area contributed by atoms with Gasteiger partial charge in [-0.15, -0.1) is 33.2 Å². The molecule has 0 bridgehead atoms. The van der Waals surface area contributed by atoms with Crippen LogP contribution in [0.2, 0.25) is 0 Å². The Bertz CT molecular complexity index is 974. The van der Waals surface area contributed by atoms with Crippen LogP contribution in [-0.4, -0.2) is 37.9 Å². The Morgan fingerprint density at radius 2 is 1.81 bits per heavy atom.